The molecule has 2 atom stereocenters. The van der Waals surface area contributed by atoms with Gasteiger partial charge in [0.2, 0.25) is 0 Å². The number of benzene rings is 1. The van der Waals surface area contributed by atoms with E-state index in [-0.39, 0.29) is 0 Å². The SMILES string of the molecule is N[C@H](C(=O)[O-])C(O)c1ccccc1. The third-order valence-corrected chi connectivity index (χ3v) is 1.75. The summed E-state index contributed by atoms with van der Waals surface area (Å²) in [6.07, 6.45) is -1.22. The summed E-state index contributed by atoms with van der Waals surface area (Å²) in [5.74, 6) is -1.46. The van der Waals surface area contributed by atoms with E-state index >= 15 is 0 Å². The molecule has 0 spiro atoms. The Balaban J connectivity index is 2.79. The smallest absolute Gasteiger partial charge is 0.0994 e. The molecular formula is C9H10NO3-. The molecule has 3 N–H and O–H groups in total. The second kappa shape index (κ2) is 4.02. The molecule has 0 saturated heterocycles. The molecule has 70 valence electrons. The Morgan fingerprint density at radius 3 is 2.38 bits per heavy atom. The van der Waals surface area contributed by atoms with Gasteiger partial charge in [-0.2, -0.15) is 0 Å². The number of hydrogen-bond acceptors (Lipinski definition) is 4. The Morgan fingerprint density at radius 2 is 1.92 bits per heavy atom. The molecule has 13 heavy (non-hydrogen) atoms. The number of aliphatic carboxylic acids is 1. The zero-order valence-electron chi connectivity index (χ0n) is 6.88. The third-order valence-electron chi connectivity index (χ3n) is 1.75. The Morgan fingerprint density at radius 1 is 1.38 bits per heavy atom. The van der Waals surface area contributed by atoms with Crippen LogP contribution in [-0.2, 0) is 4.79 Å². The maximum absolute atomic E-state index is 10.3. The molecule has 0 amide bonds. The van der Waals surface area contributed by atoms with Gasteiger partial charge in [0, 0.05) is 0 Å². The van der Waals surface area contributed by atoms with E-state index in [0.717, 1.165) is 0 Å². The highest BCUT2D eigenvalue weighted by molar-refractivity contribution is 5.72. The first-order chi connectivity index (χ1) is 6.13. The fourth-order valence-corrected chi connectivity index (χ4v) is 0.986. The third kappa shape index (κ3) is 2.27. The van der Waals surface area contributed by atoms with Crippen LogP contribution in [0.25, 0.3) is 0 Å². The highest BCUT2D eigenvalue weighted by Crippen LogP contribution is 2.14. The van der Waals surface area contributed by atoms with Gasteiger partial charge < -0.3 is 20.7 Å². The molecule has 4 heteroatoms. The summed E-state index contributed by atoms with van der Waals surface area (Å²) in [6.45, 7) is 0. The molecule has 0 bridgehead atoms. The van der Waals surface area contributed by atoms with Crippen molar-refractivity contribution in [3.63, 3.8) is 0 Å². The van der Waals surface area contributed by atoms with E-state index in [1.807, 2.05) is 0 Å². The molecule has 0 aliphatic carbocycles. The minimum atomic E-state index is -1.46. The van der Waals surface area contributed by atoms with Gasteiger partial charge in [0.25, 0.3) is 0 Å². The fourth-order valence-electron chi connectivity index (χ4n) is 0.986. The van der Waals surface area contributed by atoms with E-state index < -0.39 is 18.1 Å². The largest absolute Gasteiger partial charge is 0.548 e. The first-order valence-corrected chi connectivity index (χ1v) is 3.82. The van der Waals surface area contributed by atoms with Gasteiger partial charge in [0.05, 0.1) is 18.1 Å². The highest BCUT2D eigenvalue weighted by atomic mass is 16.4. The van der Waals surface area contributed by atoms with Gasteiger partial charge in [-0.05, 0) is 5.56 Å². The van der Waals surface area contributed by atoms with Crippen molar-refractivity contribution in [2.75, 3.05) is 0 Å². The van der Waals surface area contributed by atoms with Crippen molar-refractivity contribution in [3.05, 3.63) is 35.9 Å². The van der Waals surface area contributed by atoms with Gasteiger partial charge in [0.1, 0.15) is 0 Å². The minimum Gasteiger partial charge on any atom is -0.548 e. The molecule has 0 aliphatic heterocycles. The first-order valence-electron chi connectivity index (χ1n) is 3.82. The molecule has 0 heterocycles. The Hall–Kier alpha value is -1.39. The van der Waals surface area contributed by atoms with Crippen molar-refractivity contribution < 1.29 is 15.0 Å². The van der Waals surface area contributed by atoms with Crippen LogP contribution in [0.4, 0.5) is 0 Å². The standard InChI is InChI=1S/C9H11NO3/c10-7(9(12)13)8(11)6-4-2-1-3-5-6/h1-5,7-8,11H,10H2,(H,12,13)/p-1/t7-,8?/m0/s1. The molecule has 0 radical (unpaired) electrons. The van der Waals surface area contributed by atoms with Crippen LogP contribution in [0.1, 0.15) is 11.7 Å². The number of carboxylic acids is 1. The number of aliphatic hydroxyl groups is 1. The van der Waals surface area contributed by atoms with Gasteiger partial charge in [-0.1, -0.05) is 30.3 Å². The summed E-state index contributed by atoms with van der Waals surface area (Å²) in [5, 5.41) is 19.7. The number of carboxylic acid groups (broad SMARTS) is 1. The lowest BCUT2D eigenvalue weighted by Gasteiger charge is -2.19. The molecule has 0 aromatic heterocycles. The second-order valence-electron chi connectivity index (χ2n) is 2.70. The second-order valence-corrected chi connectivity index (χ2v) is 2.70. The van der Waals surface area contributed by atoms with Crippen molar-refractivity contribution in [3.8, 4) is 0 Å². The topological polar surface area (TPSA) is 86.4 Å². The molecule has 1 aromatic carbocycles. The zero-order valence-corrected chi connectivity index (χ0v) is 6.88. The van der Waals surface area contributed by atoms with E-state index in [9.17, 15) is 15.0 Å². The lowest BCUT2D eigenvalue weighted by molar-refractivity contribution is -0.309. The average molecular weight is 180 g/mol. The van der Waals surface area contributed by atoms with Crippen LogP contribution in [0.2, 0.25) is 0 Å². The van der Waals surface area contributed by atoms with Crippen LogP contribution < -0.4 is 10.8 Å². The van der Waals surface area contributed by atoms with Crippen molar-refractivity contribution in [1.82, 2.24) is 0 Å². The predicted octanol–water partition coefficient (Wildman–Crippen LogP) is -1.20. The van der Waals surface area contributed by atoms with Gasteiger partial charge in [-0.15, -0.1) is 0 Å². The molecule has 0 saturated carbocycles. The van der Waals surface area contributed by atoms with E-state index in [0.29, 0.717) is 5.56 Å². The number of carbonyl (C=O) groups excluding carboxylic acids is 1. The number of carbonyl (C=O) groups is 1. The lowest BCUT2D eigenvalue weighted by atomic mass is 10.0. The summed E-state index contributed by atoms with van der Waals surface area (Å²) >= 11 is 0. The minimum absolute atomic E-state index is 0.471. The van der Waals surface area contributed by atoms with Crippen LogP contribution >= 0.6 is 0 Å². The highest BCUT2D eigenvalue weighted by Gasteiger charge is 2.16. The summed E-state index contributed by atoms with van der Waals surface area (Å²) < 4.78 is 0. The van der Waals surface area contributed by atoms with E-state index in [1.165, 1.54) is 0 Å². The van der Waals surface area contributed by atoms with E-state index in [4.69, 9.17) is 5.73 Å². The molecule has 0 fully saturated rings. The van der Waals surface area contributed by atoms with Crippen LogP contribution in [0, 0.1) is 0 Å². The molecule has 1 rings (SSSR count). The molecule has 0 aliphatic rings. The number of aliphatic hydroxyl groups excluding tert-OH is 1. The monoisotopic (exact) mass is 180 g/mol. The van der Waals surface area contributed by atoms with Crippen molar-refractivity contribution in [2.24, 2.45) is 5.73 Å². The van der Waals surface area contributed by atoms with E-state index in [2.05, 4.69) is 0 Å². The van der Waals surface area contributed by atoms with Crippen LogP contribution in [0.5, 0.6) is 0 Å². The van der Waals surface area contributed by atoms with E-state index in [1.54, 1.807) is 30.3 Å². The van der Waals surface area contributed by atoms with Crippen LogP contribution in [0.3, 0.4) is 0 Å². The average Bonchev–Trinajstić information content (AvgIpc) is 2.17. The lowest BCUT2D eigenvalue weighted by Crippen LogP contribution is -2.45. The molecule has 1 aromatic rings. The zero-order chi connectivity index (χ0) is 9.84. The van der Waals surface area contributed by atoms with Crippen LogP contribution in [-0.4, -0.2) is 17.1 Å². The van der Waals surface area contributed by atoms with Crippen molar-refractivity contribution >= 4 is 5.97 Å². The maximum Gasteiger partial charge on any atom is 0.0994 e. The number of nitrogens with two attached hydrogens (primary N) is 1. The normalized spacial score (nSPS) is 14.9. The Labute approximate surface area is 75.6 Å². The molecular weight excluding hydrogens is 170 g/mol. The maximum atomic E-state index is 10.3. The summed E-state index contributed by atoms with van der Waals surface area (Å²) in [6, 6.07) is 6.98. The first kappa shape index (κ1) is 9.70. The summed E-state index contributed by atoms with van der Waals surface area (Å²) in [5.41, 5.74) is 5.65. The van der Waals surface area contributed by atoms with Crippen molar-refractivity contribution in [1.29, 1.82) is 0 Å². The quantitative estimate of drug-likeness (QED) is 0.611. The fraction of sp³-hybridized carbons (Fsp3) is 0.222. The Kier molecular flexibility index (Phi) is 3.00. The van der Waals surface area contributed by atoms with Crippen LogP contribution in [0.15, 0.2) is 30.3 Å². The number of rotatable bonds is 3. The predicted molar refractivity (Wildman–Crippen MR) is 44.4 cm³/mol. The van der Waals surface area contributed by atoms with Gasteiger partial charge in [-0.3, -0.25) is 0 Å². The molecule has 1 unspecified atom stereocenters. The molecule has 4 nitrogen and oxygen atoms in total. The number of hydrogen-bond donors (Lipinski definition) is 2. The Bertz CT molecular complexity index is 286. The van der Waals surface area contributed by atoms with Gasteiger partial charge in [-0.25, -0.2) is 0 Å². The van der Waals surface area contributed by atoms with Crippen molar-refractivity contribution in [2.45, 2.75) is 12.1 Å². The summed E-state index contributed by atoms with van der Waals surface area (Å²) in [7, 11) is 0. The van der Waals surface area contributed by atoms with Gasteiger partial charge >= 0.3 is 0 Å². The van der Waals surface area contributed by atoms with Gasteiger partial charge in [0.15, 0.2) is 0 Å². The summed E-state index contributed by atoms with van der Waals surface area (Å²) in [4.78, 5) is 10.3.